The van der Waals surface area contributed by atoms with Crippen LogP contribution in [-0.2, 0) is 22.7 Å². The van der Waals surface area contributed by atoms with Crippen LogP contribution < -0.4 is 14.8 Å². The first kappa shape index (κ1) is 27.3. The molecular formula is C29H28FN3O6. The van der Waals surface area contributed by atoms with Gasteiger partial charge in [-0.15, -0.1) is 0 Å². The molecule has 4 rings (SSSR count). The minimum atomic E-state index is -0.913. The molecule has 1 fully saturated rings. The van der Waals surface area contributed by atoms with Crippen LogP contribution in [0.5, 0.6) is 17.2 Å². The van der Waals surface area contributed by atoms with Crippen molar-refractivity contribution in [3.05, 3.63) is 89.2 Å². The summed E-state index contributed by atoms with van der Waals surface area (Å²) >= 11 is 0. The number of nitrogens with one attached hydrogen (secondary N) is 1. The molecule has 3 aromatic rings. The monoisotopic (exact) mass is 533 g/mol. The van der Waals surface area contributed by atoms with Gasteiger partial charge in [0.2, 0.25) is 0 Å². The van der Waals surface area contributed by atoms with E-state index in [1.807, 2.05) is 0 Å². The molecule has 0 unspecified atom stereocenters. The summed E-state index contributed by atoms with van der Waals surface area (Å²) in [5.74, 6) is -1.21. The predicted molar refractivity (Wildman–Crippen MR) is 140 cm³/mol. The van der Waals surface area contributed by atoms with Gasteiger partial charge in [-0.1, -0.05) is 18.2 Å². The van der Waals surface area contributed by atoms with E-state index < -0.39 is 29.3 Å². The van der Waals surface area contributed by atoms with Gasteiger partial charge in [0.15, 0.2) is 0 Å². The molecule has 0 radical (unpaired) electrons. The number of methoxy groups -OCH3 is 1. The Morgan fingerprint density at radius 2 is 1.46 bits per heavy atom. The Morgan fingerprint density at radius 3 is 2.03 bits per heavy atom. The lowest BCUT2D eigenvalue weighted by Gasteiger charge is -2.28. The number of rotatable bonds is 8. The van der Waals surface area contributed by atoms with Crippen molar-refractivity contribution in [3.63, 3.8) is 0 Å². The molecule has 10 heteroatoms. The maximum Gasteiger partial charge on any atom is 0.335 e. The van der Waals surface area contributed by atoms with Gasteiger partial charge in [-0.05, 0) is 80.4 Å². The maximum absolute atomic E-state index is 13.1. The largest absolute Gasteiger partial charge is 0.496 e. The third-order valence-corrected chi connectivity index (χ3v) is 6.00. The second-order valence-corrected chi connectivity index (χ2v) is 9.90. The number of halogens is 1. The number of urea groups is 1. The lowest BCUT2D eigenvalue weighted by molar-refractivity contribution is -0.145. The van der Waals surface area contributed by atoms with E-state index in [9.17, 15) is 23.6 Å². The number of amides is 5. The molecule has 0 aromatic heterocycles. The zero-order valence-corrected chi connectivity index (χ0v) is 22.0. The van der Waals surface area contributed by atoms with E-state index in [1.54, 1.807) is 57.2 Å². The third-order valence-electron chi connectivity index (χ3n) is 6.00. The molecule has 5 amide bonds. The van der Waals surface area contributed by atoms with Crippen LogP contribution in [0.1, 0.15) is 42.3 Å². The molecule has 0 aliphatic carbocycles. The van der Waals surface area contributed by atoms with Gasteiger partial charge in [-0.25, -0.2) is 9.18 Å². The van der Waals surface area contributed by atoms with Crippen LogP contribution in [0.4, 0.5) is 9.18 Å². The molecule has 1 N–H and O–H groups in total. The molecule has 1 heterocycles. The van der Waals surface area contributed by atoms with Crippen LogP contribution in [0.25, 0.3) is 0 Å². The van der Waals surface area contributed by atoms with Crippen LogP contribution >= 0.6 is 0 Å². The molecule has 0 spiro atoms. The minimum absolute atomic E-state index is 0.171. The van der Waals surface area contributed by atoms with Crippen LogP contribution in [-0.4, -0.2) is 46.2 Å². The average Bonchev–Trinajstić information content (AvgIpc) is 3.12. The van der Waals surface area contributed by atoms with Crippen molar-refractivity contribution in [2.75, 3.05) is 7.11 Å². The Morgan fingerprint density at radius 1 is 0.872 bits per heavy atom. The first-order chi connectivity index (χ1) is 18.5. The Kier molecular flexibility index (Phi) is 7.66. The van der Waals surface area contributed by atoms with Crippen molar-refractivity contribution in [2.24, 2.45) is 0 Å². The molecule has 39 heavy (non-hydrogen) atoms. The molecule has 0 saturated carbocycles. The van der Waals surface area contributed by atoms with Gasteiger partial charge < -0.3 is 14.8 Å². The van der Waals surface area contributed by atoms with Crippen LogP contribution in [0.3, 0.4) is 0 Å². The van der Waals surface area contributed by atoms with Gasteiger partial charge in [0, 0.05) is 12.1 Å². The fourth-order valence-electron chi connectivity index (χ4n) is 4.04. The van der Waals surface area contributed by atoms with E-state index in [0.717, 1.165) is 15.4 Å². The first-order valence-electron chi connectivity index (χ1n) is 12.2. The summed E-state index contributed by atoms with van der Waals surface area (Å²) in [5.41, 5.74) is 0.645. The van der Waals surface area contributed by atoms with E-state index >= 15 is 0 Å². The lowest BCUT2D eigenvalue weighted by atomic mass is 10.1. The Balaban J connectivity index is 1.43. The molecule has 0 atom stereocenters. The van der Waals surface area contributed by atoms with Crippen molar-refractivity contribution in [3.8, 4) is 17.2 Å². The predicted octanol–water partition coefficient (Wildman–Crippen LogP) is 4.65. The molecule has 0 bridgehead atoms. The molecule has 3 aromatic carbocycles. The molecule has 9 nitrogen and oxygen atoms in total. The van der Waals surface area contributed by atoms with E-state index in [1.165, 1.54) is 37.4 Å². The Bertz CT molecular complexity index is 1410. The quantitative estimate of drug-likeness (QED) is 0.334. The number of carbonyl (C=O) groups excluding carboxylic acids is 4. The van der Waals surface area contributed by atoms with E-state index in [-0.39, 0.29) is 24.5 Å². The number of carbonyl (C=O) groups is 4. The summed E-state index contributed by atoms with van der Waals surface area (Å²) in [6.45, 7) is 5.04. The highest BCUT2D eigenvalue weighted by Crippen LogP contribution is 2.27. The average molecular weight is 534 g/mol. The highest BCUT2D eigenvalue weighted by molar-refractivity contribution is 6.44. The van der Waals surface area contributed by atoms with Gasteiger partial charge in [0.25, 0.3) is 5.91 Å². The van der Waals surface area contributed by atoms with Crippen molar-refractivity contribution < 1.29 is 33.0 Å². The van der Waals surface area contributed by atoms with Crippen molar-refractivity contribution >= 4 is 23.8 Å². The molecular weight excluding hydrogens is 505 g/mol. The van der Waals surface area contributed by atoms with Gasteiger partial charge in [-0.3, -0.25) is 24.2 Å². The second-order valence-electron chi connectivity index (χ2n) is 9.90. The SMILES string of the molecule is COc1ccc(CN2C(=O)C(=O)N(C(C)(C)C)C2=O)cc1C(=O)NCc1ccc(Oc2ccc(F)cc2)cc1. The number of hydrogen-bond acceptors (Lipinski definition) is 6. The number of imide groups is 2. The first-order valence-corrected chi connectivity index (χ1v) is 12.2. The normalized spacial score (nSPS) is 13.6. The molecule has 1 saturated heterocycles. The fraction of sp³-hybridized carbons (Fsp3) is 0.241. The van der Waals surface area contributed by atoms with Gasteiger partial charge in [-0.2, -0.15) is 0 Å². The van der Waals surface area contributed by atoms with E-state index in [2.05, 4.69) is 5.32 Å². The van der Waals surface area contributed by atoms with Crippen molar-refractivity contribution in [1.29, 1.82) is 0 Å². The standard InChI is InChI=1S/C29H28FN3O6/c1-29(2,3)33-27(36)26(35)32(28(33)37)17-19-7-14-24(38-4)23(15-19)25(34)31-16-18-5-10-21(11-6-18)39-22-12-8-20(30)9-13-22/h5-15H,16-17H2,1-4H3,(H,31,34). The van der Waals surface area contributed by atoms with Gasteiger partial charge in [0.05, 0.1) is 19.2 Å². The van der Waals surface area contributed by atoms with Gasteiger partial charge >= 0.3 is 17.8 Å². The summed E-state index contributed by atoms with van der Waals surface area (Å²) in [4.78, 5) is 52.5. The van der Waals surface area contributed by atoms with E-state index in [4.69, 9.17) is 9.47 Å². The molecule has 1 aliphatic heterocycles. The second kappa shape index (κ2) is 10.9. The third kappa shape index (κ3) is 6.06. The minimum Gasteiger partial charge on any atom is -0.496 e. The number of hydrogen-bond donors (Lipinski definition) is 1. The highest BCUT2D eigenvalue weighted by atomic mass is 19.1. The highest BCUT2D eigenvalue weighted by Gasteiger charge is 2.49. The van der Waals surface area contributed by atoms with Crippen LogP contribution in [0.2, 0.25) is 0 Å². The number of ether oxygens (including phenoxy) is 2. The molecule has 1 aliphatic rings. The fourth-order valence-corrected chi connectivity index (χ4v) is 4.04. The smallest absolute Gasteiger partial charge is 0.335 e. The Hall–Kier alpha value is -4.73. The van der Waals surface area contributed by atoms with Crippen molar-refractivity contribution in [1.82, 2.24) is 15.1 Å². The maximum atomic E-state index is 13.1. The summed E-state index contributed by atoms with van der Waals surface area (Å²) < 4.78 is 24.1. The van der Waals surface area contributed by atoms with Crippen LogP contribution in [0, 0.1) is 5.82 Å². The summed E-state index contributed by atoms with van der Waals surface area (Å²) in [6, 6.07) is 16.7. The lowest BCUT2D eigenvalue weighted by Crippen LogP contribution is -2.46. The van der Waals surface area contributed by atoms with Gasteiger partial charge in [0.1, 0.15) is 23.1 Å². The molecule has 202 valence electrons. The summed E-state index contributed by atoms with van der Waals surface area (Å²) in [5, 5.41) is 2.83. The number of nitrogens with zero attached hydrogens (tertiary/aromatic N) is 2. The summed E-state index contributed by atoms with van der Waals surface area (Å²) in [7, 11) is 1.43. The zero-order chi connectivity index (χ0) is 28.3. The number of benzene rings is 3. The topological polar surface area (TPSA) is 105 Å². The van der Waals surface area contributed by atoms with Crippen LogP contribution in [0.15, 0.2) is 66.7 Å². The van der Waals surface area contributed by atoms with Crippen molar-refractivity contribution in [2.45, 2.75) is 39.4 Å². The Labute approximate surface area is 225 Å². The zero-order valence-electron chi connectivity index (χ0n) is 22.0. The van der Waals surface area contributed by atoms with E-state index in [0.29, 0.717) is 22.8 Å². The summed E-state index contributed by atoms with van der Waals surface area (Å²) in [6.07, 6.45) is 0.